The molecule has 1 aliphatic heterocycles. The van der Waals surface area contributed by atoms with E-state index in [-0.39, 0.29) is 29.4 Å². The number of hydrogen-bond acceptors (Lipinski definition) is 8. The zero-order valence-electron chi connectivity index (χ0n) is 18.7. The van der Waals surface area contributed by atoms with E-state index in [1.807, 2.05) is 0 Å². The Morgan fingerprint density at radius 3 is 2.69 bits per heavy atom. The third-order valence-corrected chi connectivity index (χ3v) is 6.16. The molecule has 0 bridgehead atoms. The van der Waals surface area contributed by atoms with Crippen LogP contribution in [0.1, 0.15) is 12.0 Å². The van der Waals surface area contributed by atoms with Gasteiger partial charge in [-0.2, -0.15) is 4.39 Å². The van der Waals surface area contributed by atoms with Gasteiger partial charge in [-0.1, -0.05) is 0 Å². The smallest absolute Gasteiger partial charge is 0.228 e. The summed E-state index contributed by atoms with van der Waals surface area (Å²) in [7, 11) is -4.32. The van der Waals surface area contributed by atoms with Gasteiger partial charge in [0.25, 0.3) is 0 Å². The first kappa shape index (κ1) is 25.7. The highest BCUT2D eigenvalue weighted by atomic mass is 32.2. The Bertz CT molecular complexity index is 1360. The van der Waals surface area contributed by atoms with Gasteiger partial charge in [-0.15, -0.1) is 0 Å². The summed E-state index contributed by atoms with van der Waals surface area (Å²) in [6, 6.07) is 5.05. The number of halogens is 4. The van der Waals surface area contributed by atoms with Crippen molar-refractivity contribution in [1.29, 1.82) is 0 Å². The Morgan fingerprint density at radius 2 is 1.94 bits per heavy atom. The maximum atomic E-state index is 14.6. The van der Waals surface area contributed by atoms with Gasteiger partial charge in [-0.25, -0.2) is 37.3 Å². The van der Waals surface area contributed by atoms with E-state index >= 15 is 0 Å². The van der Waals surface area contributed by atoms with Crippen LogP contribution in [0.2, 0.25) is 0 Å². The van der Waals surface area contributed by atoms with E-state index in [0.717, 1.165) is 0 Å². The number of anilines is 1. The molecule has 1 fully saturated rings. The molecule has 14 heteroatoms. The van der Waals surface area contributed by atoms with Crippen molar-refractivity contribution in [1.82, 2.24) is 20.3 Å². The fourth-order valence-corrected chi connectivity index (χ4v) is 4.48. The van der Waals surface area contributed by atoms with Crippen LogP contribution >= 0.6 is 0 Å². The average molecular weight is 527 g/mol. The predicted octanol–water partition coefficient (Wildman–Crippen LogP) is 2.90. The van der Waals surface area contributed by atoms with Crippen LogP contribution in [0.3, 0.4) is 0 Å². The Balaban J connectivity index is 1.61. The summed E-state index contributed by atoms with van der Waals surface area (Å²) < 4.78 is 84.3. The number of pyridine rings is 1. The molecule has 0 saturated carbocycles. The lowest BCUT2D eigenvalue weighted by Crippen LogP contribution is -2.44. The summed E-state index contributed by atoms with van der Waals surface area (Å²) in [6.07, 6.45) is 3.38. The van der Waals surface area contributed by atoms with E-state index in [1.54, 1.807) is 12.1 Å². The summed E-state index contributed by atoms with van der Waals surface area (Å²) in [5.41, 5.74) is -0.462. The number of ether oxygens (including phenoxy) is 1. The quantitative estimate of drug-likeness (QED) is 0.302. The van der Waals surface area contributed by atoms with Crippen LogP contribution in [0.15, 0.2) is 36.7 Å². The number of nitrogens with two attached hydrogens (primary N) is 1. The summed E-state index contributed by atoms with van der Waals surface area (Å²) in [6.45, 7) is 0.749. The molecule has 1 aromatic carbocycles. The number of nitrogens with one attached hydrogen (secondary N) is 2. The first-order chi connectivity index (χ1) is 17.1. The maximum Gasteiger partial charge on any atom is 0.228 e. The van der Waals surface area contributed by atoms with Gasteiger partial charge in [0.1, 0.15) is 5.82 Å². The minimum atomic E-state index is -4.32. The maximum absolute atomic E-state index is 14.6. The first-order valence-corrected chi connectivity index (χ1v) is 12.5. The van der Waals surface area contributed by atoms with E-state index in [4.69, 9.17) is 9.88 Å². The van der Waals surface area contributed by atoms with Crippen molar-refractivity contribution in [3.8, 4) is 22.9 Å². The van der Waals surface area contributed by atoms with Crippen LogP contribution in [0.25, 0.3) is 11.3 Å². The molecule has 2 aromatic heterocycles. The number of alkyl halides is 1. The van der Waals surface area contributed by atoms with Gasteiger partial charge in [0, 0.05) is 49.1 Å². The van der Waals surface area contributed by atoms with Gasteiger partial charge < -0.3 is 15.4 Å². The number of piperidine rings is 1. The van der Waals surface area contributed by atoms with Gasteiger partial charge >= 0.3 is 0 Å². The highest BCUT2D eigenvalue weighted by molar-refractivity contribution is 7.88. The molecular weight excluding hydrogens is 504 g/mol. The molecule has 4 N–H and O–H groups in total. The molecule has 0 spiro atoms. The van der Waals surface area contributed by atoms with E-state index in [2.05, 4.69) is 25.6 Å². The highest BCUT2D eigenvalue weighted by Gasteiger charge is 2.25. The molecule has 1 unspecified atom stereocenters. The van der Waals surface area contributed by atoms with E-state index in [0.29, 0.717) is 31.3 Å². The molecule has 3 heterocycles. The topological polar surface area (TPSA) is 132 Å². The normalized spacial score (nSPS) is 18.1. The second-order valence-electron chi connectivity index (χ2n) is 8.25. The lowest BCUT2D eigenvalue weighted by molar-refractivity contribution is 0.282. The number of aromatic nitrogens is 3. The second-order valence-corrected chi connectivity index (χ2v) is 9.86. The van der Waals surface area contributed by atoms with Crippen molar-refractivity contribution in [3.05, 3.63) is 59.7 Å². The minimum Gasteiger partial charge on any atom is -0.435 e. The fourth-order valence-electron chi connectivity index (χ4n) is 3.81. The van der Waals surface area contributed by atoms with Gasteiger partial charge in [0.2, 0.25) is 27.7 Å². The molecule has 0 amide bonds. The molecule has 1 aliphatic rings. The van der Waals surface area contributed by atoms with Crippen LogP contribution in [-0.4, -0.2) is 49.2 Å². The molecule has 0 radical (unpaired) electrons. The standard InChI is InChI=1S/C22H22F4N6O3S/c23-8-12-6-13(10-28-9-12)31-22-30-5-3-17(32-22)14-2-1-4-29-21(14)35-18-7-16(24)15(11-36(27,33)34)19(25)20(18)26/h1-5,7,12-13,28H,6,8-11H2,(H2,27,33,34)(H,30,31,32)/t12?,13-/m0/s1. The van der Waals surface area contributed by atoms with Crippen molar-refractivity contribution in [3.63, 3.8) is 0 Å². The van der Waals surface area contributed by atoms with E-state index in [1.165, 1.54) is 18.5 Å². The van der Waals surface area contributed by atoms with Crippen molar-refractivity contribution in [2.24, 2.45) is 11.1 Å². The van der Waals surface area contributed by atoms with Crippen LogP contribution in [0.5, 0.6) is 11.6 Å². The summed E-state index contributed by atoms with van der Waals surface area (Å²) in [5, 5.41) is 11.1. The number of primary sulfonamides is 1. The lowest BCUT2D eigenvalue weighted by atomic mass is 9.97. The SMILES string of the molecule is NS(=O)(=O)Cc1c(F)cc(Oc2ncccc2-c2ccnc(N[C@@H]3CNCC(CF)C3)n2)c(F)c1F. The van der Waals surface area contributed by atoms with Crippen molar-refractivity contribution in [2.75, 3.05) is 25.1 Å². The van der Waals surface area contributed by atoms with Crippen molar-refractivity contribution < 1.29 is 30.7 Å². The highest BCUT2D eigenvalue weighted by Crippen LogP contribution is 2.34. The molecule has 0 aliphatic carbocycles. The van der Waals surface area contributed by atoms with E-state index < -0.39 is 51.2 Å². The van der Waals surface area contributed by atoms with E-state index in [9.17, 15) is 26.0 Å². The van der Waals surface area contributed by atoms with Gasteiger partial charge in [0.05, 0.1) is 23.7 Å². The fraction of sp³-hybridized carbons (Fsp3) is 0.318. The largest absolute Gasteiger partial charge is 0.435 e. The van der Waals surface area contributed by atoms with Gasteiger partial charge in [0.15, 0.2) is 11.6 Å². The third-order valence-electron chi connectivity index (χ3n) is 5.47. The molecule has 2 atom stereocenters. The summed E-state index contributed by atoms with van der Waals surface area (Å²) in [5.74, 6) is -6.85. The lowest BCUT2D eigenvalue weighted by Gasteiger charge is -2.29. The zero-order valence-corrected chi connectivity index (χ0v) is 19.5. The molecule has 36 heavy (non-hydrogen) atoms. The monoisotopic (exact) mass is 526 g/mol. The number of benzene rings is 1. The van der Waals surface area contributed by atoms with Gasteiger partial charge in [-0.3, -0.25) is 4.39 Å². The van der Waals surface area contributed by atoms with Crippen LogP contribution in [0, 0.1) is 23.4 Å². The van der Waals surface area contributed by atoms with Gasteiger partial charge in [-0.05, 0) is 24.6 Å². The number of hydrogen-bond donors (Lipinski definition) is 3. The number of sulfonamides is 1. The average Bonchev–Trinajstić information content (AvgIpc) is 2.85. The van der Waals surface area contributed by atoms with Crippen LogP contribution in [0.4, 0.5) is 23.5 Å². The minimum absolute atomic E-state index is 0.102. The zero-order chi connectivity index (χ0) is 25.9. The Kier molecular flexibility index (Phi) is 7.66. The number of nitrogens with zero attached hydrogens (tertiary/aromatic N) is 3. The molecule has 3 aromatic rings. The van der Waals surface area contributed by atoms with Crippen molar-refractivity contribution >= 4 is 16.0 Å². The molecule has 1 saturated heterocycles. The molecule has 192 valence electrons. The molecule has 9 nitrogen and oxygen atoms in total. The Labute approximate surface area is 204 Å². The molecular formula is C22H22F4N6O3S. The first-order valence-electron chi connectivity index (χ1n) is 10.8. The van der Waals surface area contributed by atoms with Crippen LogP contribution < -0.4 is 20.5 Å². The molecule has 4 rings (SSSR count). The van der Waals surface area contributed by atoms with Crippen LogP contribution in [-0.2, 0) is 15.8 Å². The summed E-state index contributed by atoms with van der Waals surface area (Å²) >= 11 is 0. The van der Waals surface area contributed by atoms with Crippen molar-refractivity contribution in [2.45, 2.75) is 18.2 Å². The number of rotatable bonds is 8. The third kappa shape index (κ3) is 6.06. The Hall–Kier alpha value is -3.36. The predicted molar refractivity (Wildman–Crippen MR) is 123 cm³/mol. The second kappa shape index (κ2) is 10.7. The summed E-state index contributed by atoms with van der Waals surface area (Å²) in [4.78, 5) is 12.6. The Morgan fingerprint density at radius 1 is 1.14 bits per heavy atom.